The van der Waals surface area contributed by atoms with Gasteiger partial charge in [0.05, 0.1) is 18.5 Å². The SMILES string of the molecule is C/C=C(/c1ccc(Cl)cc1)N(C(=O)NC)c1ccc(OC)cc1. The van der Waals surface area contributed by atoms with Crippen LogP contribution in [0.25, 0.3) is 5.70 Å². The maximum absolute atomic E-state index is 12.4. The van der Waals surface area contributed by atoms with Crippen molar-refractivity contribution in [2.24, 2.45) is 0 Å². The van der Waals surface area contributed by atoms with Crippen LogP contribution in [0.1, 0.15) is 12.5 Å². The molecule has 0 bridgehead atoms. The molecule has 23 heavy (non-hydrogen) atoms. The second-order valence-electron chi connectivity index (χ2n) is 4.77. The number of nitrogens with one attached hydrogen (secondary N) is 1. The Labute approximate surface area is 141 Å². The van der Waals surface area contributed by atoms with Crippen LogP contribution in [-0.4, -0.2) is 20.2 Å². The lowest BCUT2D eigenvalue weighted by molar-refractivity contribution is 0.250. The lowest BCUT2D eigenvalue weighted by Gasteiger charge is -2.25. The summed E-state index contributed by atoms with van der Waals surface area (Å²) in [7, 11) is 3.21. The lowest BCUT2D eigenvalue weighted by atomic mass is 10.1. The van der Waals surface area contributed by atoms with E-state index in [1.165, 1.54) is 0 Å². The quantitative estimate of drug-likeness (QED) is 0.893. The maximum Gasteiger partial charge on any atom is 0.326 e. The molecule has 1 N–H and O–H groups in total. The molecular weight excluding hydrogens is 312 g/mol. The number of ether oxygens (including phenoxy) is 1. The molecule has 2 aromatic carbocycles. The van der Waals surface area contributed by atoms with Crippen LogP contribution in [0.15, 0.2) is 54.6 Å². The highest BCUT2D eigenvalue weighted by Gasteiger charge is 2.20. The number of nitrogens with zero attached hydrogens (tertiary/aromatic N) is 1. The van der Waals surface area contributed by atoms with Crippen molar-refractivity contribution in [1.29, 1.82) is 0 Å². The Morgan fingerprint density at radius 1 is 1.13 bits per heavy atom. The molecule has 0 saturated heterocycles. The molecule has 0 unspecified atom stereocenters. The van der Waals surface area contributed by atoms with Gasteiger partial charge >= 0.3 is 6.03 Å². The van der Waals surface area contributed by atoms with Crippen molar-refractivity contribution in [2.45, 2.75) is 6.92 Å². The molecule has 0 spiro atoms. The zero-order valence-corrected chi connectivity index (χ0v) is 14.1. The average Bonchev–Trinajstić information content (AvgIpc) is 2.60. The van der Waals surface area contributed by atoms with Gasteiger partial charge < -0.3 is 10.1 Å². The van der Waals surface area contributed by atoms with Crippen LogP contribution in [0, 0.1) is 0 Å². The fourth-order valence-corrected chi connectivity index (χ4v) is 2.38. The van der Waals surface area contributed by atoms with Gasteiger partial charge in [-0.1, -0.05) is 29.8 Å². The van der Waals surface area contributed by atoms with Gasteiger partial charge in [0, 0.05) is 12.1 Å². The van der Waals surface area contributed by atoms with Gasteiger partial charge in [0.25, 0.3) is 0 Å². The van der Waals surface area contributed by atoms with Crippen LogP contribution < -0.4 is 15.0 Å². The Balaban J connectivity index is 2.47. The number of halogens is 1. The zero-order chi connectivity index (χ0) is 16.8. The molecule has 0 aliphatic carbocycles. The molecule has 4 nitrogen and oxygen atoms in total. The van der Waals surface area contributed by atoms with Gasteiger partial charge in [-0.3, -0.25) is 4.90 Å². The molecule has 2 aromatic rings. The van der Waals surface area contributed by atoms with Gasteiger partial charge in [-0.25, -0.2) is 4.79 Å². The summed E-state index contributed by atoms with van der Waals surface area (Å²) in [5.74, 6) is 0.735. The second-order valence-corrected chi connectivity index (χ2v) is 5.21. The first kappa shape index (κ1) is 16.9. The number of anilines is 1. The van der Waals surface area contributed by atoms with E-state index in [2.05, 4.69) is 5.32 Å². The number of benzene rings is 2. The predicted molar refractivity (Wildman–Crippen MR) is 95.0 cm³/mol. The summed E-state index contributed by atoms with van der Waals surface area (Å²) in [4.78, 5) is 14.0. The standard InChI is InChI=1S/C18H19ClN2O2/c1-4-17(13-5-7-14(19)8-6-13)21(18(22)20-2)15-9-11-16(23-3)12-10-15/h4-12H,1-3H3,(H,20,22)/b17-4-. The molecule has 0 aliphatic rings. The van der Waals surface area contributed by atoms with Crippen molar-refractivity contribution in [3.05, 3.63) is 65.2 Å². The number of rotatable bonds is 4. The van der Waals surface area contributed by atoms with Crippen LogP contribution in [0.3, 0.4) is 0 Å². The third-order valence-corrected chi connectivity index (χ3v) is 3.65. The highest BCUT2D eigenvalue weighted by Crippen LogP contribution is 2.28. The minimum atomic E-state index is -0.224. The van der Waals surface area contributed by atoms with Crippen molar-refractivity contribution in [2.75, 3.05) is 19.1 Å². The number of carbonyl (C=O) groups is 1. The van der Waals surface area contributed by atoms with Gasteiger partial charge in [-0.15, -0.1) is 0 Å². The Bertz CT molecular complexity index is 694. The van der Waals surface area contributed by atoms with E-state index in [9.17, 15) is 4.79 Å². The number of allylic oxidation sites excluding steroid dienone is 1. The van der Waals surface area contributed by atoms with Crippen molar-refractivity contribution >= 4 is 29.0 Å². The van der Waals surface area contributed by atoms with Gasteiger partial charge in [0.15, 0.2) is 0 Å². The first-order valence-electron chi connectivity index (χ1n) is 7.19. The van der Waals surface area contributed by atoms with Gasteiger partial charge in [0.1, 0.15) is 5.75 Å². The summed E-state index contributed by atoms with van der Waals surface area (Å²) in [6.45, 7) is 1.89. The molecule has 5 heteroatoms. The first-order valence-corrected chi connectivity index (χ1v) is 7.56. The molecule has 0 atom stereocenters. The number of carbonyl (C=O) groups excluding carboxylic acids is 1. The Morgan fingerprint density at radius 3 is 2.22 bits per heavy atom. The van der Waals surface area contributed by atoms with Crippen molar-refractivity contribution in [3.63, 3.8) is 0 Å². The minimum absolute atomic E-state index is 0.224. The van der Waals surface area contributed by atoms with E-state index in [0.717, 1.165) is 22.7 Å². The molecule has 120 valence electrons. The molecule has 2 rings (SSSR count). The Kier molecular flexibility index (Phi) is 5.66. The van der Waals surface area contributed by atoms with Crippen molar-refractivity contribution in [1.82, 2.24) is 5.32 Å². The fourth-order valence-electron chi connectivity index (χ4n) is 2.25. The van der Waals surface area contributed by atoms with E-state index in [4.69, 9.17) is 16.3 Å². The fraction of sp³-hybridized carbons (Fsp3) is 0.167. The smallest absolute Gasteiger partial charge is 0.326 e. The third kappa shape index (κ3) is 3.85. The molecule has 0 aliphatic heterocycles. The predicted octanol–water partition coefficient (Wildman–Crippen LogP) is 4.56. The number of methoxy groups -OCH3 is 1. The normalized spacial score (nSPS) is 11.0. The van der Waals surface area contributed by atoms with Crippen molar-refractivity contribution < 1.29 is 9.53 Å². The van der Waals surface area contributed by atoms with E-state index in [1.54, 1.807) is 31.2 Å². The highest BCUT2D eigenvalue weighted by atomic mass is 35.5. The van der Waals surface area contributed by atoms with Gasteiger partial charge in [-0.2, -0.15) is 0 Å². The summed E-state index contributed by atoms with van der Waals surface area (Å²) >= 11 is 5.95. The Hall–Kier alpha value is -2.46. The average molecular weight is 331 g/mol. The van der Waals surface area contributed by atoms with E-state index < -0.39 is 0 Å². The minimum Gasteiger partial charge on any atom is -0.497 e. The Morgan fingerprint density at radius 2 is 1.74 bits per heavy atom. The molecule has 0 heterocycles. The second kappa shape index (κ2) is 7.70. The summed E-state index contributed by atoms with van der Waals surface area (Å²) in [5.41, 5.74) is 2.41. The number of amides is 2. The molecule has 0 radical (unpaired) electrons. The van der Waals surface area contributed by atoms with Gasteiger partial charge in [0.2, 0.25) is 0 Å². The summed E-state index contributed by atoms with van der Waals surface area (Å²) in [5, 5.41) is 3.33. The largest absolute Gasteiger partial charge is 0.497 e. The van der Waals surface area contributed by atoms with Gasteiger partial charge in [-0.05, 0) is 48.9 Å². The summed E-state index contributed by atoms with van der Waals surface area (Å²) < 4.78 is 5.17. The third-order valence-electron chi connectivity index (χ3n) is 3.40. The number of hydrogen-bond donors (Lipinski definition) is 1. The first-order chi connectivity index (χ1) is 11.1. The topological polar surface area (TPSA) is 41.6 Å². The number of hydrogen-bond acceptors (Lipinski definition) is 2. The molecule has 0 saturated carbocycles. The van der Waals surface area contributed by atoms with E-state index in [0.29, 0.717) is 5.02 Å². The highest BCUT2D eigenvalue weighted by molar-refractivity contribution is 6.30. The van der Waals surface area contributed by atoms with E-state index >= 15 is 0 Å². The zero-order valence-electron chi connectivity index (χ0n) is 13.3. The molecule has 0 aromatic heterocycles. The molecule has 0 fully saturated rings. The van der Waals surface area contributed by atoms with Crippen LogP contribution >= 0.6 is 11.6 Å². The lowest BCUT2D eigenvalue weighted by Crippen LogP contribution is -2.36. The van der Waals surface area contributed by atoms with E-state index in [-0.39, 0.29) is 6.03 Å². The summed E-state index contributed by atoms with van der Waals surface area (Å²) in [6.07, 6.45) is 1.89. The number of urea groups is 1. The summed E-state index contributed by atoms with van der Waals surface area (Å²) in [6, 6.07) is 14.5. The molecular formula is C18H19ClN2O2. The van der Waals surface area contributed by atoms with Crippen molar-refractivity contribution in [3.8, 4) is 5.75 Å². The van der Waals surface area contributed by atoms with Crippen LogP contribution in [0.5, 0.6) is 5.75 Å². The van der Waals surface area contributed by atoms with Crippen LogP contribution in [0.2, 0.25) is 5.02 Å². The monoisotopic (exact) mass is 330 g/mol. The van der Waals surface area contributed by atoms with Crippen LogP contribution in [-0.2, 0) is 0 Å². The maximum atomic E-state index is 12.4. The van der Waals surface area contributed by atoms with E-state index in [1.807, 2.05) is 49.4 Å². The van der Waals surface area contributed by atoms with Crippen LogP contribution in [0.4, 0.5) is 10.5 Å². The molecule has 2 amide bonds.